The molecule has 35 heavy (non-hydrogen) atoms. The van der Waals surface area contributed by atoms with E-state index in [9.17, 15) is 8.78 Å². The molecule has 0 spiro atoms. The Kier molecular flexibility index (Phi) is 8.92. The van der Waals surface area contributed by atoms with Crippen LogP contribution in [0.25, 0.3) is 11.1 Å². The van der Waals surface area contributed by atoms with Crippen molar-refractivity contribution < 1.29 is 18.3 Å². The first kappa shape index (κ1) is 25.8. The van der Waals surface area contributed by atoms with Gasteiger partial charge in [-0.2, -0.15) is 0 Å². The van der Waals surface area contributed by atoms with Crippen LogP contribution < -0.4 is 16.0 Å². The molecule has 1 saturated heterocycles. The van der Waals surface area contributed by atoms with Gasteiger partial charge in [0.1, 0.15) is 17.5 Å². The second-order valence-electron chi connectivity index (χ2n) is 10.2. The number of pyridine rings is 1. The predicted molar refractivity (Wildman–Crippen MR) is 136 cm³/mol. The first-order valence-corrected chi connectivity index (χ1v) is 12.7. The van der Waals surface area contributed by atoms with Crippen LogP contribution in [0.5, 0.6) is 0 Å². The van der Waals surface area contributed by atoms with Crippen LogP contribution >= 0.6 is 0 Å². The first-order chi connectivity index (χ1) is 17.0. The Balaban J connectivity index is 1.40. The molecule has 2 aromatic rings. The molecule has 0 unspecified atom stereocenters. The van der Waals surface area contributed by atoms with Gasteiger partial charge in [-0.15, -0.1) is 0 Å². The minimum absolute atomic E-state index is 0.129. The minimum atomic E-state index is -0.533. The number of nitrogens with zero attached hydrogens (tertiary/aromatic N) is 1. The second kappa shape index (κ2) is 12.1. The fourth-order valence-electron chi connectivity index (χ4n) is 4.94. The number of benzene rings is 1. The molecule has 192 valence electrons. The summed E-state index contributed by atoms with van der Waals surface area (Å²) in [6.45, 7) is 6.08. The molecule has 1 aliphatic carbocycles. The fourth-order valence-corrected chi connectivity index (χ4v) is 4.94. The van der Waals surface area contributed by atoms with Gasteiger partial charge in [0.05, 0.1) is 12.8 Å². The standard InChI is InChI=1S/C27H38F2N4O2/c1-27(9-12-35-13-10-27)18-32-21-7-8-24(28)22(15-21)23-16-26(31-17-25(23)29)33-20-5-3-19(4-6-20)30-11-14-34-2/h7-8,15-17,19-20,30,32H,3-6,9-14,18H2,1-2H3,(H,31,33)/t19-,20-. The van der Waals surface area contributed by atoms with E-state index in [-0.39, 0.29) is 22.6 Å². The molecule has 0 amide bonds. The number of aromatic nitrogens is 1. The second-order valence-corrected chi connectivity index (χ2v) is 10.2. The van der Waals surface area contributed by atoms with Crippen molar-refractivity contribution in [2.45, 2.75) is 57.5 Å². The molecule has 1 aliphatic heterocycles. The molecular formula is C27H38F2N4O2. The maximum atomic E-state index is 14.8. The minimum Gasteiger partial charge on any atom is -0.384 e. The maximum absolute atomic E-state index is 14.8. The van der Waals surface area contributed by atoms with E-state index < -0.39 is 11.6 Å². The molecular weight excluding hydrogens is 450 g/mol. The Morgan fingerprint density at radius 2 is 1.74 bits per heavy atom. The molecule has 8 heteroatoms. The van der Waals surface area contributed by atoms with E-state index in [0.717, 1.165) is 70.5 Å². The van der Waals surface area contributed by atoms with Crippen LogP contribution in [0.1, 0.15) is 45.4 Å². The summed E-state index contributed by atoms with van der Waals surface area (Å²) < 4.78 is 40.1. The summed E-state index contributed by atoms with van der Waals surface area (Å²) in [6.07, 6.45) is 7.25. The SMILES string of the molecule is COCCN[C@H]1CC[C@H](Nc2cc(-c3cc(NCC4(C)CCOCC4)ccc3F)c(F)cn2)CC1. The van der Waals surface area contributed by atoms with Crippen LogP contribution in [-0.2, 0) is 9.47 Å². The van der Waals surface area contributed by atoms with Crippen molar-refractivity contribution in [3.05, 3.63) is 42.1 Å². The molecule has 1 aromatic carbocycles. The van der Waals surface area contributed by atoms with Crippen LogP contribution in [0, 0.1) is 17.0 Å². The van der Waals surface area contributed by atoms with E-state index in [1.165, 1.54) is 12.3 Å². The molecule has 1 aromatic heterocycles. The number of halogens is 2. The molecule has 0 bridgehead atoms. The molecule has 6 nitrogen and oxygen atoms in total. The lowest BCUT2D eigenvalue weighted by Crippen LogP contribution is -2.38. The summed E-state index contributed by atoms with van der Waals surface area (Å²) in [6, 6.07) is 7.18. The zero-order valence-corrected chi connectivity index (χ0v) is 20.8. The summed E-state index contributed by atoms with van der Waals surface area (Å²) in [5.41, 5.74) is 1.36. The Hall–Kier alpha value is -2.29. The zero-order chi connectivity index (χ0) is 24.7. The molecule has 2 heterocycles. The molecule has 2 fully saturated rings. The predicted octanol–water partition coefficient (Wildman–Crippen LogP) is 5.21. The number of nitrogens with one attached hydrogen (secondary N) is 3. The molecule has 0 atom stereocenters. The molecule has 1 saturated carbocycles. The van der Waals surface area contributed by atoms with Gasteiger partial charge in [0, 0.05) is 62.3 Å². The smallest absolute Gasteiger partial charge is 0.149 e. The number of hydrogen-bond donors (Lipinski definition) is 3. The third-order valence-electron chi connectivity index (χ3n) is 7.35. The normalized spacial score (nSPS) is 22.1. The zero-order valence-electron chi connectivity index (χ0n) is 20.8. The van der Waals surface area contributed by atoms with E-state index in [1.807, 2.05) is 0 Å². The van der Waals surface area contributed by atoms with E-state index in [4.69, 9.17) is 9.47 Å². The lowest BCUT2D eigenvalue weighted by molar-refractivity contribution is 0.0300. The number of rotatable bonds is 10. The highest BCUT2D eigenvalue weighted by Crippen LogP contribution is 2.33. The Bertz CT molecular complexity index is 960. The Morgan fingerprint density at radius 3 is 2.49 bits per heavy atom. The average molecular weight is 489 g/mol. The van der Waals surface area contributed by atoms with Crippen LogP contribution in [0.4, 0.5) is 20.3 Å². The number of ether oxygens (including phenoxy) is 2. The molecule has 0 radical (unpaired) electrons. The molecule has 2 aliphatic rings. The van der Waals surface area contributed by atoms with Gasteiger partial charge in [0.25, 0.3) is 0 Å². The van der Waals surface area contributed by atoms with E-state index in [2.05, 4.69) is 27.9 Å². The monoisotopic (exact) mass is 488 g/mol. The summed E-state index contributed by atoms with van der Waals surface area (Å²) >= 11 is 0. The van der Waals surface area contributed by atoms with Crippen molar-refractivity contribution in [2.24, 2.45) is 5.41 Å². The quantitative estimate of drug-likeness (QED) is 0.399. The number of anilines is 2. The summed E-state index contributed by atoms with van der Waals surface area (Å²) in [4.78, 5) is 4.23. The van der Waals surface area contributed by atoms with Crippen molar-refractivity contribution in [2.75, 3.05) is 50.7 Å². The summed E-state index contributed by atoms with van der Waals surface area (Å²) in [5.74, 6) is -0.412. The van der Waals surface area contributed by atoms with Gasteiger partial charge in [-0.25, -0.2) is 13.8 Å². The van der Waals surface area contributed by atoms with Gasteiger partial charge < -0.3 is 25.4 Å². The average Bonchev–Trinajstić information content (AvgIpc) is 2.86. The molecule has 4 rings (SSSR count). The highest BCUT2D eigenvalue weighted by Gasteiger charge is 2.27. The first-order valence-electron chi connectivity index (χ1n) is 12.7. The van der Waals surface area contributed by atoms with Crippen LogP contribution in [0.3, 0.4) is 0 Å². The third kappa shape index (κ3) is 7.12. The summed E-state index contributed by atoms with van der Waals surface area (Å²) in [5, 5.41) is 10.4. The Morgan fingerprint density at radius 1 is 1.03 bits per heavy atom. The van der Waals surface area contributed by atoms with Crippen molar-refractivity contribution >= 4 is 11.5 Å². The van der Waals surface area contributed by atoms with Gasteiger partial charge >= 0.3 is 0 Å². The molecule has 3 N–H and O–H groups in total. The third-order valence-corrected chi connectivity index (χ3v) is 7.35. The van der Waals surface area contributed by atoms with Crippen LogP contribution in [0.2, 0.25) is 0 Å². The van der Waals surface area contributed by atoms with Gasteiger partial charge in [0.15, 0.2) is 0 Å². The lowest BCUT2D eigenvalue weighted by atomic mass is 9.82. The maximum Gasteiger partial charge on any atom is 0.149 e. The van der Waals surface area contributed by atoms with Crippen molar-refractivity contribution in [1.82, 2.24) is 10.3 Å². The Labute approximate surface area is 207 Å². The highest BCUT2D eigenvalue weighted by atomic mass is 19.1. The van der Waals surface area contributed by atoms with Crippen molar-refractivity contribution in [3.8, 4) is 11.1 Å². The number of hydrogen-bond acceptors (Lipinski definition) is 6. The van der Waals surface area contributed by atoms with Gasteiger partial charge in [-0.3, -0.25) is 0 Å². The van der Waals surface area contributed by atoms with Gasteiger partial charge in [0.2, 0.25) is 0 Å². The fraction of sp³-hybridized carbons (Fsp3) is 0.593. The highest BCUT2D eigenvalue weighted by molar-refractivity contribution is 5.71. The van der Waals surface area contributed by atoms with Crippen molar-refractivity contribution in [3.63, 3.8) is 0 Å². The van der Waals surface area contributed by atoms with Crippen molar-refractivity contribution in [1.29, 1.82) is 0 Å². The summed E-state index contributed by atoms with van der Waals surface area (Å²) in [7, 11) is 1.71. The van der Waals surface area contributed by atoms with Gasteiger partial charge in [-0.1, -0.05) is 6.92 Å². The van der Waals surface area contributed by atoms with E-state index >= 15 is 0 Å². The largest absolute Gasteiger partial charge is 0.384 e. The van der Waals surface area contributed by atoms with Crippen LogP contribution in [-0.4, -0.2) is 57.1 Å². The lowest BCUT2D eigenvalue weighted by Gasteiger charge is -2.34. The topological polar surface area (TPSA) is 67.4 Å². The van der Waals surface area contributed by atoms with E-state index in [0.29, 0.717) is 18.5 Å². The van der Waals surface area contributed by atoms with Gasteiger partial charge in [-0.05, 0) is 68.2 Å². The van der Waals surface area contributed by atoms with Crippen LogP contribution in [0.15, 0.2) is 30.5 Å². The number of methoxy groups -OCH3 is 1. The van der Waals surface area contributed by atoms with E-state index in [1.54, 1.807) is 25.3 Å².